The van der Waals surface area contributed by atoms with Crippen molar-refractivity contribution in [2.75, 3.05) is 0 Å². The molecule has 0 aromatic carbocycles. The molecule has 0 aliphatic carbocycles. The van der Waals surface area contributed by atoms with Crippen LogP contribution in [-0.4, -0.2) is 40.9 Å². The summed E-state index contributed by atoms with van der Waals surface area (Å²) < 4.78 is 0. The van der Waals surface area contributed by atoms with Gasteiger partial charge >= 0.3 is 5.97 Å². The van der Waals surface area contributed by atoms with Crippen molar-refractivity contribution in [3.8, 4) is 0 Å². The Morgan fingerprint density at radius 2 is 2.00 bits per heavy atom. The zero-order valence-electron chi connectivity index (χ0n) is 11.2. The lowest BCUT2D eigenvalue weighted by molar-refractivity contribution is -0.143. The predicted molar refractivity (Wildman–Crippen MR) is 74.6 cm³/mol. The van der Waals surface area contributed by atoms with Gasteiger partial charge in [0.1, 0.15) is 12.1 Å². The first-order chi connectivity index (χ1) is 9.81. The molecule has 1 unspecified atom stereocenters. The minimum absolute atomic E-state index is 0.432. The number of nitrogens with two attached hydrogens (primary N) is 1. The van der Waals surface area contributed by atoms with Gasteiger partial charge < -0.3 is 21.5 Å². The maximum absolute atomic E-state index is 11.8. The fraction of sp³-hybridized carbons (Fsp3) is 0.333. The number of thiophene rings is 1. The van der Waals surface area contributed by atoms with Gasteiger partial charge in [0.15, 0.2) is 0 Å². The molecule has 2 atom stereocenters. The summed E-state index contributed by atoms with van der Waals surface area (Å²) in [6, 6.07) is 0.917. The van der Waals surface area contributed by atoms with Crippen LogP contribution in [0.2, 0.25) is 0 Å². The number of hydrogen-bond acceptors (Lipinski definition) is 5. The van der Waals surface area contributed by atoms with Crippen molar-refractivity contribution < 1.29 is 24.3 Å². The number of amides is 3. The van der Waals surface area contributed by atoms with Gasteiger partial charge in [0.25, 0.3) is 5.91 Å². The molecule has 1 aromatic heterocycles. The second-order valence-corrected chi connectivity index (χ2v) is 5.19. The van der Waals surface area contributed by atoms with Crippen LogP contribution in [0.1, 0.15) is 23.0 Å². The van der Waals surface area contributed by atoms with Crippen LogP contribution in [0, 0.1) is 0 Å². The highest BCUT2D eigenvalue weighted by molar-refractivity contribution is 7.12. The molecule has 0 aliphatic heterocycles. The van der Waals surface area contributed by atoms with Gasteiger partial charge in [-0.05, 0) is 18.4 Å². The van der Waals surface area contributed by atoms with Crippen LogP contribution in [-0.2, 0) is 14.4 Å². The Bertz CT molecular complexity index is 543. The van der Waals surface area contributed by atoms with Crippen molar-refractivity contribution in [2.45, 2.75) is 25.4 Å². The second kappa shape index (κ2) is 7.39. The van der Waals surface area contributed by atoms with E-state index in [-0.39, 0.29) is 0 Å². The fourth-order valence-corrected chi connectivity index (χ4v) is 2.07. The Kier molecular flexibility index (Phi) is 5.85. The van der Waals surface area contributed by atoms with E-state index in [1.165, 1.54) is 18.3 Å². The number of carboxylic acid groups (broad SMARTS) is 1. The zero-order valence-corrected chi connectivity index (χ0v) is 12.0. The summed E-state index contributed by atoms with van der Waals surface area (Å²) in [6.07, 6.45) is -0.521. The number of carbonyl (C=O) groups excluding carboxylic acids is 3. The van der Waals surface area contributed by atoms with E-state index in [1.807, 2.05) is 0 Å². The summed E-state index contributed by atoms with van der Waals surface area (Å²) in [6.45, 7) is 1.41. The highest BCUT2D eigenvalue weighted by Gasteiger charge is 2.25. The molecule has 8 nitrogen and oxygen atoms in total. The summed E-state index contributed by atoms with van der Waals surface area (Å²) in [4.78, 5) is 45.6. The molecule has 114 valence electrons. The third kappa shape index (κ3) is 5.22. The van der Waals surface area contributed by atoms with Crippen molar-refractivity contribution in [1.29, 1.82) is 0 Å². The minimum Gasteiger partial charge on any atom is -0.480 e. The summed E-state index contributed by atoms with van der Waals surface area (Å²) in [7, 11) is 0. The highest BCUT2D eigenvalue weighted by atomic mass is 32.1. The Balaban J connectivity index is 2.59. The van der Waals surface area contributed by atoms with Crippen LogP contribution >= 0.6 is 11.3 Å². The molecule has 0 aliphatic rings. The van der Waals surface area contributed by atoms with Gasteiger partial charge in [-0.1, -0.05) is 6.07 Å². The molecule has 21 heavy (non-hydrogen) atoms. The number of carbonyl (C=O) groups is 4. The summed E-state index contributed by atoms with van der Waals surface area (Å²) >= 11 is 1.21. The van der Waals surface area contributed by atoms with Crippen LogP contribution < -0.4 is 16.4 Å². The van der Waals surface area contributed by atoms with Crippen molar-refractivity contribution in [2.24, 2.45) is 5.73 Å². The van der Waals surface area contributed by atoms with Gasteiger partial charge in [-0.25, -0.2) is 4.79 Å². The first kappa shape index (κ1) is 16.6. The predicted octanol–water partition coefficient (Wildman–Crippen LogP) is -0.689. The number of nitrogens with one attached hydrogen (secondary N) is 2. The largest absolute Gasteiger partial charge is 0.480 e. The topological polar surface area (TPSA) is 139 Å². The maximum Gasteiger partial charge on any atom is 0.326 e. The minimum atomic E-state index is -1.42. The van der Waals surface area contributed by atoms with Crippen molar-refractivity contribution >= 4 is 35.0 Å². The SMILES string of the molecule is CC(NC(=O)c1cccs1)C(=O)N[C@H](CC(N)=O)C(=O)O. The summed E-state index contributed by atoms with van der Waals surface area (Å²) in [5.41, 5.74) is 4.91. The Morgan fingerprint density at radius 1 is 1.33 bits per heavy atom. The highest BCUT2D eigenvalue weighted by Crippen LogP contribution is 2.08. The van der Waals surface area contributed by atoms with Crippen molar-refractivity contribution in [3.05, 3.63) is 22.4 Å². The van der Waals surface area contributed by atoms with E-state index in [1.54, 1.807) is 17.5 Å². The number of rotatable bonds is 7. The van der Waals surface area contributed by atoms with Crippen LogP contribution in [0.5, 0.6) is 0 Å². The van der Waals surface area contributed by atoms with Crippen LogP contribution in [0.3, 0.4) is 0 Å². The van der Waals surface area contributed by atoms with Crippen molar-refractivity contribution in [1.82, 2.24) is 10.6 Å². The van der Waals surface area contributed by atoms with Gasteiger partial charge in [0, 0.05) is 0 Å². The Labute approximate surface area is 124 Å². The Hall–Kier alpha value is -2.42. The van der Waals surface area contributed by atoms with E-state index in [0.717, 1.165) is 0 Å². The van der Waals surface area contributed by atoms with Gasteiger partial charge in [-0.15, -0.1) is 11.3 Å². The van der Waals surface area contributed by atoms with Gasteiger partial charge in [0.05, 0.1) is 11.3 Å². The van der Waals surface area contributed by atoms with E-state index in [4.69, 9.17) is 10.8 Å². The molecule has 0 bridgehead atoms. The maximum atomic E-state index is 11.8. The molecule has 5 N–H and O–H groups in total. The molecule has 0 saturated carbocycles. The molecule has 1 heterocycles. The van der Waals surface area contributed by atoms with Crippen LogP contribution in [0.25, 0.3) is 0 Å². The normalized spacial score (nSPS) is 13.0. The monoisotopic (exact) mass is 313 g/mol. The summed E-state index contributed by atoms with van der Waals surface area (Å²) in [5, 5.41) is 15.2. The van der Waals surface area contributed by atoms with E-state index in [9.17, 15) is 19.2 Å². The van der Waals surface area contributed by atoms with Crippen molar-refractivity contribution in [3.63, 3.8) is 0 Å². The first-order valence-electron chi connectivity index (χ1n) is 5.97. The zero-order chi connectivity index (χ0) is 16.0. The number of carboxylic acids is 1. The molecular weight excluding hydrogens is 298 g/mol. The fourth-order valence-electron chi connectivity index (χ4n) is 1.44. The molecule has 0 fully saturated rings. The van der Waals surface area contributed by atoms with Gasteiger partial charge in [-0.3, -0.25) is 14.4 Å². The molecule has 1 rings (SSSR count). The third-order valence-corrected chi connectivity index (χ3v) is 3.37. The number of hydrogen-bond donors (Lipinski definition) is 4. The van der Waals surface area contributed by atoms with E-state index >= 15 is 0 Å². The lowest BCUT2D eigenvalue weighted by Gasteiger charge is -2.17. The molecule has 0 radical (unpaired) electrons. The molecule has 1 aromatic rings. The molecule has 9 heteroatoms. The molecule has 3 amide bonds. The molecule has 0 spiro atoms. The van der Waals surface area contributed by atoms with E-state index in [0.29, 0.717) is 4.88 Å². The van der Waals surface area contributed by atoms with E-state index in [2.05, 4.69) is 10.6 Å². The lowest BCUT2D eigenvalue weighted by Crippen LogP contribution is -2.51. The van der Waals surface area contributed by atoms with Crippen LogP contribution in [0.15, 0.2) is 17.5 Å². The Morgan fingerprint density at radius 3 is 2.48 bits per heavy atom. The second-order valence-electron chi connectivity index (χ2n) is 4.24. The van der Waals surface area contributed by atoms with Gasteiger partial charge in [0.2, 0.25) is 11.8 Å². The van der Waals surface area contributed by atoms with Crippen LogP contribution in [0.4, 0.5) is 0 Å². The standard InChI is InChI=1S/C12H15N3O5S/c1-6(14-11(18)8-3-2-4-21-8)10(17)15-7(12(19)20)5-9(13)16/h2-4,6-7H,5H2,1H3,(H2,13,16)(H,14,18)(H,15,17)(H,19,20)/t6?,7-/m1/s1. The summed E-state index contributed by atoms with van der Waals surface area (Å²) in [5.74, 6) is -3.38. The number of aliphatic carboxylic acids is 1. The first-order valence-corrected chi connectivity index (χ1v) is 6.85. The smallest absolute Gasteiger partial charge is 0.326 e. The lowest BCUT2D eigenvalue weighted by atomic mass is 10.2. The quantitative estimate of drug-likeness (QED) is 0.528. The molecule has 0 saturated heterocycles. The average molecular weight is 313 g/mol. The third-order valence-electron chi connectivity index (χ3n) is 2.51. The average Bonchev–Trinajstić information content (AvgIpc) is 2.90. The van der Waals surface area contributed by atoms with Gasteiger partial charge in [-0.2, -0.15) is 0 Å². The molecular formula is C12H15N3O5S. The van der Waals surface area contributed by atoms with E-state index < -0.39 is 42.2 Å². The number of primary amides is 1.